The number of hydrogen-bond donors (Lipinski definition) is 1. The highest BCUT2D eigenvalue weighted by Crippen LogP contribution is 2.68. The SMILES string of the molecule is CCC(C)(C)C(=O)OC1CCC2(C)C(CCC3C2CC(O)C2(C)C(C(C)CCCOOC)CCC32)C1. The molecule has 0 aromatic carbocycles. The van der Waals surface area contributed by atoms with Gasteiger partial charge in [-0.1, -0.05) is 27.7 Å². The van der Waals surface area contributed by atoms with Crippen LogP contribution in [0.25, 0.3) is 0 Å². The molecule has 10 unspecified atom stereocenters. The molecule has 4 aliphatic rings. The van der Waals surface area contributed by atoms with Gasteiger partial charge in [-0.3, -0.25) is 4.79 Å². The van der Waals surface area contributed by atoms with Gasteiger partial charge in [-0.25, -0.2) is 9.78 Å². The van der Waals surface area contributed by atoms with Crippen LogP contribution in [0.1, 0.15) is 112 Å². The lowest BCUT2D eigenvalue weighted by Gasteiger charge is -2.62. The number of carbonyl (C=O) groups is 1. The number of esters is 1. The van der Waals surface area contributed by atoms with E-state index in [1.165, 1.54) is 25.7 Å². The van der Waals surface area contributed by atoms with Crippen molar-refractivity contribution in [2.45, 2.75) is 124 Å². The maximum absolute atomic E-state index is 12.8. The van der Waals surface area contributed by atoms with Crippen LogP contribution in [0.15, 0.2) is 0 Å². The van der Waals surface area contributed by atoms with Gasteiger partial charge in [0.2, 0.25) is 0 Å². The van der Waals surface area contributed by atoms with Crippen LogP contribution in [0, 0.1) is 51.8 Å². The van der Waals surface area contributed by atoms with Crippen LogP contribution in [0.3, 0.4) is 0 Å². The molecule has 0 heterocycles. The summed E-state index contributed by atoms with van der Waals surface area (Å²) in [7, 11) is 1.57. The lowest BCUT2D eigenvalue weighted by atomic mass is 9.43. The Bertz CT molecular complexity index is 766. The van der Waals surface area contributed by atoms with Crippen molar-refractivity contribution < 1.29 is 24.4 Å². The second kappa shape index (κ2) is 10.8. The first-order valence-electron chi connectivity index (χ1n) is 15.0. The number of ether oxygens (including phenoxy) is 1. The molecule has 5 heteroatoms. The second-order valence-corrected chi connectivity index (χ2v) is 14.1. The topological polar surface area (TPSA) is 65.0 Å². The Hall–Kier alpha value is -0.650. The third-order valence-electron chi connectivity index (χ3n) is 12.2. The van der Waals surface area contributed by atoms with E-state index in [4.69, 9.17) is 14.5 Å². The molecule has 0 spiro atoms. The molecule has 4 fully saturated rings. The highest BCUT2D eigenvalue weighted by atomic mass is 17.2. The van der Waals surface area contributed by atoms with E-state index in [0.717, 1.165) is 50.9 Å². The predicted molar refractivity (Wildman–Crippen MR) is 142 cm³/mol. The van der Waals surface area contributed by atoms with Crippen LogP contribution in [0.5, 0.6) is 0 Å². The quantitative estimate of drug-likeness (QED) is 0.158. The molecule has 0 aromatic heterocycles. The highest BCUT2D eigenvalue weighted by molar-refractivity contribution is 5.76. The molecule has 0 aliphatic heterocycles. The summed E-state index contributed by atoms with van der Waals surface area (Å²) in [5.74, 6) is 3.70. The lowest BCUT2D eigenvalue weighted by molar-refractivity contribution is -0.273. The molecule has 5 nitrogen and oxygen atoms in total. The fraction of sp³-hybridized carbons (Fsp3) is 0.968. The van der Waals surface area contributed by atoms with E-state index in [1.807, 2.05) is 13.8 Å². The van der Waals surface area contributed by atoms with Gasteiger partial charge in [-0.15, -0.1) is 0 Å². The van der Waals surface area contributed by atoms with Gasteiger partial charge in [0.25, 0.3) is 0 Å². The summed E-state index contributed by atoms with van der Waals surface area (Å²) in [5.41, 5.74) is -0.108. The van der Waals surface area contributed by atoms with E-state index >= 15 is 0 Å². The number of fused-ring (bicyclic) bond motifs is 5. The van der Waals surface area contributed by atoms with Gasteiger partial charge in [-0.05, 0) is 131 Å². The van der Waals surface area contributed by atoms with Gasteiger partial charge in [0, 0.05) is 0 Å². The Morgan fingerprint density at radius 2 is 1.83 bits per heavy atom. The standard InChI is InChI=1S/C31H54O5/c1-8-29(3,4)28(33)36-22-15-16-30(5)21(18-22)11-12-23-25-14-13-24(20(2)10-9-17-35-34-7)31(25,6)27(32)19-26(23)30/h20-27,32H,8-19H2,1-7H3. The summed E-state index contributed by atoms with van der Waals surface area (Å²) < 4.78 is 6.07. The predicted octanol–water partition coefficient (Wildman–Crippen LogP) is 6.96. The first kappa shape index (κ1) is 28.4. The first-order chi connectivity index (χ1) is 17.0. The number of hydrogen-bond acceptors (Lipinski definition) is 5. The van der Waals surface area contributed by atoms with E-state index < -0.39 is 5.41 Å². The van der Waals surface area contributed by atoms with Crippen molar-refractivity contribution in [3.05, 3.63) is 0 Å². The third kappa shape index (κ3) is 4.91. The van der Waals surface area contributed by atoms with Crippen LogP contribution >= 0.6 is 0 Å². The van der Waals surface area contributed by atoms with Crippen molar-refractivity contribution in [1.29, 1.82) is 0 Å². The van der Waals surface area contributed by atoms with Gasteiger partial charge < -0.3 is 9.84 Å². The van der Waals surface area contributed by atoms with Crippen LogP contribution in [-0.4, -0.2) is 37.0 Å². The summed E-state index contributed by atoms with van der Waals surface area (Å²) in [6, 6.07) is 0. The lowest BCUT2D eigenvalue weighted by Crippen LogP contribution is -2.59. The smallest absolute Gasteiger partial charge is 0.311 e. The summed E-state index contributed by atoms with van der Waals surface area (Å²) in [6.07, 6.45) is 11.9. The summed E-state index contributed by atoms with van der Waals surface area (Å²) in [6.45, 7) is 14.0. The molecule has 36 heavy (non-hydrogen) atoms. The number of carbonyl (C=O) groups excluding carboxylic acids is 1. The van der Waals surface area contributed by atoms with Crippen molar-refractivity contribution in [1.82, 2.24) is 0 Å². The number of rotatable bonds is 9. The Morgan fingerprint density at radius 3 is 2.53 bits per heavy atom. The zero-order chi connectivity index (χ0) is 26.3. The molecule has 4 saturated carbocycles. The highest BCUT2D eigenvalue weighted by Gasteiger charge is 2.63. The first-order valence-corrected chi connectivity index (χ1v) is 15.0. The molecule has 4 aliphatic carbocycles. The van der Waals surface area contributed by atoms with E-state index in [0.29, 0.717) is 36.2 Å². The molecule has 1 N–H and O–H groups in total. The van der Waals surface area contributed by atoms with E-state index in [-0.39, 0.29) is 29.0 Å². The monoisotopic (exact) mass is 506 g/mol. The van der Waals surface area contributed by atoms with Gasteiger partial charge in [0.05, 0.1) is 25.2 Å². The summed E-state index contributed by atoms with van der Waals surface area (Å²) >= 11 is 0. The molecule has 4 rings (SSSR count). The summed E-state index contributed by atoms with van der Waals surface area (Å²) in [5, 5.41) is 11.8. The Morgan fingerprint density at radius 1 is 1.08 bits per heavy atom. The van der Waals surface area contributed by atoms with Gasteiger partial charge in [-0.2, -0.15) is 0 Å². The zero-order valence-electron chi connectivity index (χ0n) is 24.2. The molecule has 0 radical (unpaired) electrons. The second-order valence-electron chi connectivity index (χ2n) is 14.1. The van der Waals surface area contributed by atoms with Crippen molar-refractivity contribution in [3.63, 3.8) is 0 Å². The molecule has 0 aromatic rings. The Labute approximate surface area is 220 Å². The maximum Gasteiger partial charge on any atom is 0.311 e. The van der Waals surface area contributed by atoms with E-state index in [2.05, 4.69) is 27.7 Å². The molecular formula is C31H54O5. The van der Waals surface area contributed by atoms with Crippen LogP contribution in [-0.2, 0) is 19.3 Å². The minimum absolute atomic E-state index is 0.0314. The van der Waals surface area contributed by atoms with Crippen LogP contribution < -0.4 is 0 Å². The number of aliphatic hydroxyl groups excluding tert-OH is 1. The van der Waals surface area contributed by atoms with Gasteiger partial charge in [0.1, 0.15) is 6.10 Å². The Kier molecular flexibility index (Phi) is 8.54. The Balaban J connectivity index is 1.43. The van der Waals surface area contributed by atoms with Gasteiger partial charge >= 0.3 is 5.97 Å². The van der Waals surface area contributed by atoms with Gasteiger partial charge in [0.15, 0.2) is 0 Å². The average molecular weight is 507 g/mol. The van der Waals surface area contributed by atoms with Crippen LogP contribution in [0.2, 0.25) is 0 Å². The third-order valence-corrected chi connectivity index (χ3v) is 12.2. The fourth-order valence-corrected chi connectivity index (χ4v) is 9.45. The van der Waals surface area contributed by atoms with E-state index in [9.17, 15) is 9.90 Å². The largest absolute Gasteiger partial charge is 0.462 e. The maximum atomic E-state index is 12.8. The average Bonchev–Trinajstić information content (AvgIpc) is 3.21. The van der Waals surface area contributed by atoms with Crippen LogP contribution in [0.4, 0.5) is 0 Å². The minimum atomic E-state index is -0.400. The van der Waals surface area contributed by atoms with Crippen molar-refractivity contribution >= 4 is 5.97 Å². The normalized spacial score (nSPS) is 43.3. The number of aliphatic hydroxyl groups is 1. The zero-order valence-corrected chi connectivity index (χ0v) is 24.2. The van der Waals surface area contributed by atoms with E-state index in [1.54, 1.807) is 7.11 Å². The molecule has 0 saturated heterocycles. The fourth-order valence-electron chi connectivity index (χ4n) is 9.45. The molecule has 10 atom stereocenters. The molecule has 0 amide bonds. The minimum Gasteiger partial charge on any atom is -0.462 e. The summed E-state index contributed by atoms with van der Waals surface area (Å²) in [4.78, 5) is 22.6. The molecular weight excluding hydrogens is 452 g/mol. The van der Waals surface area contributed by atoms with Crippen molar-refractivity contribution in [3.8, 4) is 0 Å². The van der Waals surface area contributed by atoms with Crippen molar-refractivity contribution in [2.75, 3.05) is 13.7 Å². The molecule has 208 valence electrons. The van der Waals surface area contributed by atoms with Crippen molar-refractivity contribution in [2.24, 2.45) is 51.8 Å². The molecule has 0 bridgehead atoms.